The Morgan fingerprint density at radius 1 is 1.02 bits per heavy atom. The maximum Gasteiger partial charge on any atom is 0.259 e. The van der Waals surface area contributed by atoms with Crippen molar-refractivity contribution in [3.8, 4) is 28.5 Å². The third-order valence-corrected chi connectivity index (χ3v) is 12.9. The molecule has 0 bridgehead atoms. The van der Waals surface area contributed by atoms with E-state index >= 15 is 0 Å². The van der Waals surface area contributed by atoms with E-state index in [-0.39, 0.29) is 25.1 Å². The molecule has 2 aliphatic carbocycles. The van der Waals surface area contributed by atoms with Crippen molar-refractivity contribution in [1.29, 1.82) is 0 Å². The van der Waals surface area contributed by atoms with Crippen molar-refractivity contribution >= 4 is 44.6 Å². The lowest BCUT2D eigenvalue weighted by molar-refractivity contribution is -0.144. The lowest BCUT2D eigenvalue weighted by atomic mass is 9.85. The SMILES string of the molecule is C=C[C@@H]1C[C@]1(NC(=O)C1C[C@@H](Oc2cc(-c3ccccc3)nc3cc(OC)ccc23)CN1C(=O)[C@@H](NC(=O)COc1ccc(F)cc1)C(C)(C)C)C(=O)NS(=O)(=O)C1CC1. The third kappa shape index (κ3) is 9.08. The van der Waals surface area contributed by atoms with Crippen molar-refractivity contribution < 1.29 is 46.2 Å². The Morgan fingerprint density at radius 2 is 1.72 bits per heavy atom. The molecule has 3 fully saturated rings. The van der Waals surface area contributed by atoms with E-state index < -0.39 is 86.4 Å². The molecule has 4 amide bonds. The van der Waals surface area contributed by atoms with Gasteiger partial charge in [0.2, 0.25) is 21.8 Å². The van der Waals surface area contributed by atoms with Crippen molar-refractivity contribution in [2.75, 3.05) is 20.3 Å². The minimum atomic E-state index is -3.94. The highest BCUT2D eigenvalue weighted by Gasteiger charge is 2.62. The van der Waals surface area contributed by atoms with Crippen LogP contribution in [0.1, 0.15) is 46.5 Å². The fourth-order valence-electron chi connectivity index (χ4n) is 7.43. The molecule has 3 aliphatic rings. The number of sulfonamides is 1. The van der Waals surface area contributed by atoms with Gasteiger partial charge < -0.3 is 29.7 Å². The number of amides is 4. The number of halogens is 1. The van der Waals surface area contributed by atoms with Gasteiger partial charge in [0.05, 0.1) is 30.1 Å². The van der Waals surface area contributed by atoms with Gasteiger partial charge in [0.25, 0.3) is 11.8 Å². The Bertz CT molecular complexity index is 2420. The van der Waals surface area contributed by atoms with Crippen LogP contribution < -0.4 is 29.6 Å². The number of pyridine rings is 1. The Labute approximate surface area is 347 Å². The number of benzene rings is 3. The number of hydrogen-bond donors (Lipinski definition) is 3. The molecular formula is C44H48FN5O9S. The lowest BCUT2D eigenvalue weighted by Crippen LogP contribution is -2.60. The van der Waals surface area contributed by atoms with E-state index in [4.69, 9.17) is 19.2 Å². The van der Waals surface area contributed by atoms with Crippen LogP contribution in [0.25, 0.3) is 22.2 Å². The summed E-state index contributed by atoms with van der Waals surface area (Å²) >= 11 is 0. The molecule has 3 aromatic carbocycles. The van der Waals surface area contributed by atoms with Gasteiger partial charge >= 0.3 is 0 Å². The highest BCUT2D eigenvalue weighted by atomic mass is 32.2. The second kappa shape index (κ2) is 16.6. The predicted octanol–water partition coefficient (Wildman–Crippen LogP) is 4.68. The average Bonchev–Trinajstić information content (AvgIpc) is 4.16. The fourth-order valence-corrected chi connectivity index (χ4v) is 8.79. The molecule has 2 saturated carbocycles. The van der Waals surface area contributed by atoms with Crippen molar-refractivity contribution in [2.24, 2.45) is 11.3 Å². The largest absolute Gasteiger partial charge is 0.497 e. The van der Waals surface area contributed by atoms with E-state index in [0.717, 1.165) is 5.56 Å². The van der Waals surface area contributed by atoms with Crippen LogP contribution in [0.5, 0.6) is 17.2 Å². The van der Waals surface area contributed by atoms with Gasteiger partial charge in [-0.2, -0.15) is 0 Å². The monoisotopic (exact) mass is 841 g/mol. The van der Waals surface area contributed by atoms with Gasteiger partial charge in [-0.05, 0) is 61.1 Å². The Hall–Kier alpha value is -6.03. The summed E-state index contributed by atoms with van der Waals surface area (Å²) in [6.45, 7) is 8.50. The van der Waals surface area contributed by atoms with E-state index in [0.29, 0.717) is 40.9 Å². The molecule has 60 heavy (non-hydrogen) atoms. The molecule has 7 rings (SSSR count). The zero-order valence-corrected chi connectivity index (χ0v) is 34.6. The van der Waals surface area contributed by atoms with Gasteiger partial charge in [0, 0.05) is 35.4 Å². The van der Waals surface area contributed by atoms with Crippen LogP contribution in [0.4, 0.5) is 4.39 Å². The van der Waals surface area contributed by atoms with Gasteiger partial charge in [-0.1, -0.05) is 57.2 Å². The Morgan fingerprint density at radius 3 is 2.35 bits per heavy atom. The Balaban J connectivity index is 1.19. The van der Waals surface area contributed by atoms with Gasteiger partial charge in [-0.3, -0.25) is 23.9 Å². The van der Waals surface area contributed by atoms with Crippen LogP contribution in [0, 0.1) is 17.2 Å². The van der Waals surface area contributed by atoms with Gasteiger partial charge in [0.15, 0.2) is 6.61 Å². The predicted molar refractivity (Wildman–Crippen MR) is 221 cm³/mol. The average molecular weight is 842 g/mol. The minimum Gasteiger partial charge on any atom is -0.497 e. The molecule has 316 valence electrons. The van der Waals surface area contributed by atoms with E-state index in [1.54, 1.807) is 46.1 Å². The molecule has 1 unspecified atom stereocenters. The number of carbonyl (C=O) groups is 4. The first-order valence-corrected chi connectivity index (χ1v) is 21.3. The van der Waals surface area contributed by atoms with Crippen LogP contribution in [0.15, 0.2) is 91.5 Å². The first kappa shape index (κ1) is 42.1. The Kier molecular flexibility index (Phi) is 11.6. The fraction of sp³-hybridized carbons (Fsp3) is 0.386. The summed E-state index contributed by atoms with van der Waals surface area (Å²) in [7, 11) is -2.39. The summed E-state index contributed by atoms with van der Waals surface area (Å²) in [5.41, 5.74) is -0.454. The van der Waals surface area contributed by atoms with Crippen molar-refractivity contribution in [3.63, 3.8) is 0 Å². The first-order chi connectivity index (χ1) is 28.5. The molecule has 2 heterocycles. The number of nitrogens with one attached hydrogen (secondary N) is 3. The van der Waals surface area contributed by atoms with E-state index in [1.165, 1.54) is 35.2 Å². The maximum absolute atomic E-state index is 14.8. The number of hydrogen-bond acceptors (Lipinski definition) is 10. The highest BCUT2D eigenvalue weighted by molar-refractivity contribution is 7.91. The summed E-state index contributed by atoms with van der Waals surface area (Å²) < 4.78 is 58.9. The van der Waals surface area contributed by atoms with Gasteiger partial charge in [-0.15, -0.1) is 6.58 Å². The van der Waals surface area contributed by atoms with Crippen LogP contribution in [-0.4, -0.2) is 91.2 Å². The summed E-state index contributed by atoms with van der Waals surface area (Å²) in [5, 5.41) is 5.55. The molecule has 0 spiro atoms. The minimum absolute atomic E-state index is 0.0203. The molecule has 14 nitrogen and oxygen atoms in total. The highest BCUT2D eigenvalue weighted by Crippen LogP contribution is 2.46. The molecule has 1 saturated heterocycles. The molecule has 5 atom stereocenters. The topological polar surface area (TPSA) is 182 Å². The van der Waals surface area contributed by atoms with E-state index in [9.17, 15) is 32.0 Å². The number of methoxy groups -OCH3 is 1. The van der Waals surface area contributed by atoms with E-state index in [2.05, 4.69) is 21.9 Å². The molecule has 1 aliphatic heterocycles. The van der Waals surface area contributed by atoms with Gasteiger partial charge in [0.1, 0.15) is 46.8 Å². The molecule has 1 aromatic heterocycles. The zero-order valence-electron chi connectivity index (χ0n) is 33.8. The van der Waals surface area contributed by atoms with Crippen LogP contribution in [-0.2, 0) is 29.2 Å². The maximum atomic E-state index is 14.8. The zero-order chi connectivity index (χ0) is 43.0. The standard InChI is InChI=1S/C44H48FN5O9S/c1-6-27-23-44(27,42(54)49-60(55,56)32-17-18-32)48-40(52)36-21-31(59-37-22-34(26-10-8-7-9-11-26)46-35-20-30(57-5)16-19-33(35)37)24-50(36)41(53)39(43(2,3)4)47-38(51)25-58-29-14-12-28(45)13-15-29/h6-16,19-20,22,27,31-32,36,39H,1,17-18,21,23-25H2,2-5H3,(H,47,51)(H,48,52)(H,49,54)/t27-,31-,36?,39-,44-/m1/s1. The number of carbonyl (C=O) groups excluding carboxylic acids is 4. The quantitative estimate of drug-likeness (QED) is 0.142. The second-order valence-electron chi connectivity index (χ2n) is 16.5. The molecule has 4 aromatic rings. The number of nitrogens with zero attached hydrogens (tertiary/aromatic N) is 2. The van der Waals surface area contributed by atoms with Gasteiger partial charge in [-0.25, -0.2) is 17.8 Å². The molecular weight excluding hydrogens is 794 g/mol. The lowest BCUT2D eigenvalue weighted by Gasteiger charge is -2.35. The van der Waals surface area contributed by atoms with E-state index in [1.807, 2.05) is 36.4 Å². The summed E-state index contributed by atoms with van der Waals surface area (Å²) in [6.07, 6.45) is 1.68. The van der Waals surface area contributed by atoms with Crippen molar-refractivity contribution in [3.05, 3.63) is 97.3 Å². The number of likely N-dealkylation sites (tertiary alicyclic amines) is 1. The van der Waals surface area contributed by atoms with Crippen LogP contribution >= 0.6 is 0 Å². The number of rotatable bonds is 15. The van der Waals surface area contributed by atoms with Crippen LogP contribution in [0.3, 0.4) is 0 Å². The second-order valence-corrected chi connectivity index (χ2v) is 18.5. The first-order valence-electron chi connectivity index (χ1n) is 19.7. The smallest absolute Gasteiger partial charge is 0.259 e. The third-order valence-electron chi connectivity index (χ3n) is 11.0. The number of aromatic nitrogens is 1. The summed E-state index contributed by atoms with van der Waals surface area (Å²) in [6, 6.07) is 19.4. The number of fused-ring (bicyclic) bond motifs is 1. The number of ether oxygens (including phenoxy) is 3. The van der Waals surface area contributed by atoms with Crippen molar-refractivity contribution in [1.82, 2.24) is 25.2 Å². The van der Waals surface area contributed by atoms with Crippen LogP contribution in [0.2, 0.25) is 0 Å². The summed E-state index contributed by atoms with van der Waals surface area (Å²) in [4.78, 5) is 62.4. The molecule has 0 radical (unpaired) electrons. The molecule has 3 N–H and O–H groups in total. The summed E-state index contributed by atoms with van der Waals surface area (Å²) in [5.74, 6) is -2.56. The molecule has 16 heteroatoms. The normalized spacial score (nSPS) is 21.7. The van der Waals surface area contributed by atoms with Crippen molar-refractivity contribution in [2.45, 2.75) is 75.4 Å².